The van der Waals surface area contributed by atoms with Crippen LogP contribution < -0.4 is 0 Å². The summed E-state index contributed by atoms with van der Waals surface area (Å²) < 4.78 is 15.0. The Bertz CT molecular complexity index is 855. The minimum absolute atomic E-state index is 0.113. The molecular formula is C22H18FIS2. The van der Waals surface area contributed by atoms with E-state index in [2.05, 4.69) is 71.1 Å². The molecule has 0 fully saturated rings. The van der Waals surface area contributed by atoms with E-state index in [1.807, 2.05) is 41.7 Å². The van der Waals surface area contributed by atoms with Crippen molar-refractivity contribution in [1.29, 1.82) is 0 Å². The number of benzene rings is 3. The van der Waals surface area contributed by atoms with Gasteiger partial charge in [0.1, 0.15) is 5.82 Å². The Hall–Kier alpha value is -0.980. The van der Waals surface area contributed by atoms with Crippen molar-refractivity contribution in [3.05, 3.63) is 93.3 Å². The van der Waals surface area contributed by atoms with Crippen LogP contribution in [0.5, 0.6) is 0 Å². The molecule has 0 saturated carbocycles. The Balaban J connectivity index is 1.83. The van der Waals surface area contributed by atoms with Crippen LogP contribution in [0.3, 0.4) is 0 Å². The van der Waals surface area contributed by atoms with E-state index in [1.54, 1.807) is 6.07 Å². The smallest absolute Gasteiger partial charge is 0.136 e. The molecule has 0 N–H and O–H groups in total. The molecule has 0 spiro atoms. The summed E-state index contributed by atoms with van der Waals surface area (Å²) in [4.78, 5) is 2.45. The summed E-state index contributed by atoms with van der Waals surface area (Å²) in [6.07, 6.45) is 3.17. The van der Waals surface area contributed by atoms with Crippen molar-refractivity contribution in [2.24, 2.45) is 0 Å². The van der Waals surface area contributed by atoms with Gasteiger partial charge in [-0.25, -0.2) is 4.39 Å². The van der Waals surface area contributed by atoms with Gasteiger partial charge < -0.3 is 0 Å². The zero-order chi connectivity index (χ0) is 18.0. The summed E-state index contributed by atoms with van der Waals surface area (Å²) in [5.74, 6) is -0.113. The van der Waals surface area contributed by atoms with Gasteiger partial charge in [-0.1, -0.05) is 36.4 Å². The molecule has 0 aromatic heterocycles. The molecule has 0 heterocycles. The molecule has 0 unspecified atom stereocenters. The fourth-order valence-corrected chi connectivity index (χ4v) is 7.10. The van der Waals surface area contributed by atoms with Crippen molar-refractivity contribution < 1.29 is 4.39 Å². The predicted molar refractivity (Wildman–Crippen MR) is 118 cm³/mol. The van der Waals surface area contributed by atoms with Gasteiger partial charge in [-0.3, -0.25) is 0 Å². The molecule has 0 nitrogen and oxygen atoms in total. The molecule has 1 aliphatic rings. The van der Waals surface area contributed by atoms with Crippen LogP contribution >= 0.6 is 46.1 Å². The molecular weight excluding hydrogens is 474 g/mol. The quantitative estimate of drug-likeness (QED) is 0.273. The summed E-state index contributed by atoms with van der Waals surface area (Å²) in [5, 5.41) is 0. The van der Waals surface area contributed by atoms with E-state index in [0.29, 0.717) is 3.57 Å². The predicted octanol–water partition coefficient (Wildman–Crippen LogP) is 7.50. The second-order valence-corrected chi connectivity index (χ2v) is 10.5. The molecule has 0 saturated heterocycles. The van der Waals surface area contributed by atoms with Crippen molar-refractivity contribution >= 4 is 46.1 Å². The number of hydrogen-bond donors (Lipinski definition) is 0. The monoisotopic (exact) mass is 492 g/mol. The van der Waals surface area contributed by atoms with Gasteiger partial charge in [0.15, 0.2) is 0 Å². The number of rotatable bonds is 4. The SMILES string of the molecule is Fc1cc2c(cc1I)CCCC2(Sc1ccccc1)Sc1ccccc1. The number of fused-ring (bicyclic) bond motifs is 1. The van der Waals surface area contributed by atoms with Crippen molar-refractivity contribution in [3.8, 4) is 0 Å². The molecule has 132 valence electrons. The maximum absolute atomic E-state index is 14.5. The van der Waals surface area contributed by atoms with E-state index >= 15 is 0 Å². The third-order valence-electron chi connectivity index (χ3n) is 4.56. The van der Waals surface area contributed by atoms with E-state index in [1.165, 1.54) is 15.4 Å². The lowest BCUT2D eigenvalue weighted by Crippen LogP contribution is -2.24. The normalized spacial score (nSPS) is 15.5. The van der Waals surface area contributed by atoms with Crippen LogP contribution in [0, 0.1) is 9.39 Å². The molecule has 0 aliphatic heterocycles. The standard InChI is InChI=1S/C22H18FIS2/c23-20-15-19-16(14-21(20)24)8-7-13-22(19,25-17-9-3-1-4-10-17)26-18-11-5-2-6-12-18/h1-6,9-12,14-15H,7-8,13H2. The Morgan fingerprint density at radius 1 is 0.846 bits per heavy atom. The molecule has 1 aliphatic carbocycles. The zero-order valence-electron chi connectivity index (χ0n) is 14.1. The molecule has 3 aromatic carbocycles. The van der Waals surface area contributed by atoms with Crippen molar-refractivity contribution in [1.82, 2.24) is 0 Å². The number of halogens is 2. The minimum atomic E-state index is -0.207. The van der Waals surface area contributed by atoms with Crippen molar-refractivity contribution in [2.45, 2.75) is 33.1 Å². The minimum Gasteiger partial charge on any atom is -0.206 e. The fraction of sp³-hybridized carbons (Fsp3) is 0.182. The summed E-state index contributed by atoms with van der Waals surface area (Å²) in [5.41, 5.74) is 2.43. The average molecular weight is 492 g/mol. The first-order valence-corrected chi connectivity index (χ1v) is 11.3. The fourth-order valence-electron chi connectivity index (χ4n) is 3.39. The molecule has 4 heteroatoms. The van der Waals surface area contributed by atoms with Gasteiger partial charge in [-0.05, 0) is 89.4 Å². The van der Waals surface area contributed by atoms with E-state index in [9.17, 15) is 4.39 Å². The molecule has 4 rings (SSSR count). The number of aryl methyl sites for hydroxylation is 1. The van der Waals surface area contributed by atoms with Gasteiger partial charge in [0.05, 0.1) is 4.08 Å². The number of hydrogen-bond acceptors (Lipinski definition) is 2. The van der Waals surface area contributed by atoms with E-state index in [0.717, 1.165) is 24.8 Å². The number of thioether (sulfide) groups is 2. The second kappa shape index (κ2) is 7.95. The van der Waals surface area contributed by atoms with E-state index in [4.69, 9.17) is 0 Å². The van der Waals surface area contributed by atoms with Crippen LogP contribution in [0.2, 0.25) is 0 Å². The largest absolute Gasteiger partial charge is 0.206 e. The first-order chi connectivity index (χ1) is 12.7. The van der Waals surface area contributed by atoms with E-state index in [-0.39, 0.29) is 9.90 Å². The lowest BCUT2D eigenvalue weighted by molar-refractivity contribution is 0.595. The Morgan fingerprint density at radius 2 is 1.42 bits per heavy atom. The van der Waals surface area contributed by atoms with Crippen LogP contribution in [-0.2, 0) is 10.5 Å². The maximum atomic E-state index is 14.5. The average Bonchev–Trinajstić information content (AvgIpc) is 2.65. The van der Waals surface area contributed by atoms with Gasteiger partial charge in [0.2, 0.25) is 0 Å². The molecule has 0 atom stereocenters. The highest BCUT2D eigenvalue weighted by atomic mass is 127. The Morgan fingerprint density at radius 3 is 2.00 bits per heavy atom. The molecule has 0 bridgehead atoms. The van der Waals surface area contributed by atoms with Crippen molar-refractivity contribution in [3.63, 3.8) is 0 Å². The lowest BCUT2D eigenvalue weighted by atomic mass is 9.90. The van der Waals surface area contributed by atoms with E-state index < -0.39 is 0 Å². The van der Waals surface area contributed by atoms with Gasteiger partial charge >= 0.3 is 0 Å². The van der Waals surface area contributed by atoms with Gasteiger partial charge in [0, 0.05) is 13.4 Å². The first kappa shape index (κ1) is 18.4. The molecule has 0 amide bonds. The first-order valence-electron chi connectivity index (χ1n) is 8.63. The van der Waals surface area contributed by atoms with Crippen molar-refractivity contribution in [2.75, 3.05) is 0 Å². The Kier molecular flexibility index (Phi) is 5.62. The highest BCUT2D eigenvalue weighted by Crippen LogP contribution is 2.58. The molecule has 0 radical (unpaired) electrons. The Labute approximate surface area is 176 Å². The highest BCUT2D eigenvalue weighted by Gasteiger charge is 2.39. The topological polar surface area (TPSA) is 0 Å². The zero-order valence-corrected chi connectivity index (χ0v) is 17.9. The third kappa shape index (κ3) is 3.82. The molecule has 26 heavy (non-hydrogen) atoms. The van der Waals surface area contributed by atoms with Crippen LogP contribution in [-0.4, -0.2) is 0 Å². The summed E-state index contributed by atoms with van der Waals surface area (Å²) >= 11 is 5.82. The van der Waals surface area contributed by atoms with Gasteiger partial charge in [-0.2, -0.15) is 0 Å². The molecule has 3 aromatic rings. The summed E-state index contributed by atoms with van der Waals surface area (Å²) in [6, 6.07) is 24.8. The van der Waals surface area contributed by atoms with Crippen LogP contribution in [0.15, 0.2) is 82.6 Å². The van der Waals surface area contributed by atoms with Gasteiger partial charge in [-0.15, -0.1) is 23.5 Å². The lowest BCUT2D eigenvalue weighted by Gasteiger charge is -2.38. The summed E-state index contributed by atoms with van der Waals surface area (Å²) in [6.45, 7) is 0. The third-order valence-corrected chi connectivity index (χ3v) is 8.41. The summed E-state index contributed by atoms with van der Waals surface area (Å²) in [7, 11) is 0. The van der Waals surface area contributed by atoms with Gasteiger partial charge in [0.25, 0.3) is 0 Å². The maximum Gasteiger partial charge on any atom is 0.136 e. The van der Waals surface area contributed by atoms with Crippen LogP contribution in [0.4, 0.5) is 4.39 Å². The highest BCUT2D eigenvalue weighted by molar-refractivity contribution is 14.1. The van der Waals surface area contributed by atoms with Crippen LogP contribution in [0.1, 0.15) is 24.0 Å². The van der Waals surface area contributed by atoms with Crippen LogP contribution in [0.25, 0.3) is 0 Å². The second-order valence-electron chi connectivity index (χ2n) is 6.36.